The fourth-order valence-electron chi connectivity index (χ4n) is 2.28. The molecule has 0 saturated carbocycles. The zero-order chi connectivity index (χ0) is 15.5. The minimum absolute atomic E-state index is 0.266. The van der Waals surface area contributed by atoms with E-state index in [1.165, 1.54) is 0 Å². The number of nitrogens with two attached hydrogens (primary N) is 1. The van der Waals surface area contributed by atoms with Crippen molar-refractivity contribution in [3.05, 3.63) is 72.3 Å². The Morgan fingerprint density at radius 1 is 0.818 bits per heavy atom. The van der Waals surface area contributed by atoms with Crippen LogP contribution in [0.4, 0.5) is 5.69 Å². The molecule has 0 aliphatic rings. The van der Waals surface area contributed by atoms with Gasteiger partial charge in [-0.3, -0.25) is 0 Å². The Balaban J connectivity index is 1.80. The molecule has 0 amide bonds. The fraction of sp³-hybridized carbons (Fsp3) is 0.0526. The van der Waals surface area contributed by atoms with E-state index < -0.39 is 0 Å². The summed E-state index contributed by atoms with van der Waals surface area (Å²) in [7, 11) is 0. The predicted molar refractivity (Wildman–Crippen MR) is 89.2 cm³/mol. The number of phenolic OH excluding ortho intramolecular Hbond substituents is 1. The van der Waals surface area contributed by atoms with E-state index in [9.17, 15) is 5.11 Å². The number of phenols is 1. The summed E-state index contributed by atoms with van der Waals surface area (Å²) in [4.78, 5) is 0. The second-order valence-corrected chi connectivity index (χ2v) is 5.20. The van der Waals surface area contributed by atoms with Gasteiger partial charge in [0, 0.05) is 5.69 Å². The highest BCUT2D eigenvalue weighted by Gasteiger charge is 2.03. The Kier molecular flexibility index (Phi) is 3.71. The minimum atomic E-state index is 0.266. The third-order valence-corrected chi connectivity index (χ3v) is 3.48. The van der Waals surface area contributed by atoms with Gasteiger partial charge in [-0.05, 0) is 66.1 Å². The van der Waals surface area contributed by atoms with Gasteiger partial charge >= 0.3 is 0 Å². The summed E-state index contributed by atoms with van der Waals surface area (Å²) in [5, 5.41) is 9.33. The van der Waals surface area contributed by atoms with Crippen LogP contribution < -0.4 is 10.5 Å². The van der Waals surface area contributed by atoms with Gasteiger partial charge in [-0.15, -0.1) is 0 Å². The summed E-state index contributed by atoms with van der Waals surface area (Å²) in [5.41, 5.74) is 9.59. The molecule has 0 bridgehead atoms. The number of hydrogen-bond acceptors (Lipinski definition) is 3. The van der Waals surface area contributed by atoms with Gasteiger partial charge in [0.2, 0.25) is 0 Å². The van der Waals surface area contributed by atoms with Crippen molar-refractivity contribution in [1.82, 2.24) is 0 Å². The minimum Gasteiger partial charge on any atom is -0.508 e. The topological polar surface area (TPSA) is 55.5 Å². The summed E-state index contributed by atoms with van der Waals surface area (Å²) in [6, 6.07) is 20.6. The Bertz CT molecular complexity index is 778. The summed E-state index contributed by atoms with van der Waals surface area (Å²) in [6.07, 6.45) is 0. The summed E-state index contributed by atoms with van der Waals surface area (Å²) in [5.74, 6) is 1.84. The zero-order valence-electron chi connectivity index (χ0n) is 12.3. The lowest BCUT2D eigenvalue weighted by Gasteiger charge is -2.10. The van der Waals surface area contributed by atoms with Gasteiger partial charge in [-0.1, -0.05) is 24.3 Å². The van der Waals surface area contributed by atoms with Crippen molar-refractivity contribution in [2.45, 2.75) is 6.92 Å². The third kappa shape index (κ3) is 3.04. The van der Waals surface area contributed by atoms with E-state index >= 15 is 0 Å². The molecule has 0 spiro atoms. The molecular formula is C19H17NO2. The zero-order valence-corrected chi connectivity index (χ0v) is 12.3. The standard InChI is InChI=1S/C19H17NO2/c1-13-12-16(20)6-11-19(13)22-18-9-4-15(5-10-18)14-2-7-17(21)8-3-14/h2-12,21H,20H2,1H3. The molecule has 3 rings (SSSR count). The molecular weight excluding hydrogens is 274 g/mol. The van der Waals surface area contributed by atoms with Crippen LogP contribution in [0, 0.1) is 6.92 Å². The van der Waals surface area contributed by atoms with Crippen LogP contribution in [-0.2, 0) is 0 Å². The van der Waals surface area contributed by atoms with Crippen LogP contribution in [0.5, 0.6) is 17.2 Å². The number of nitrogen functional groups attached to an aromatic ring is 1. The van der Waals surface area contributed by atoms with E-state index in [0.29, 0.717) is 0 Å². The van der Waals surface area contributed by atoms with Gasteiger partial charge < -0.3 is 15.6 Å². The number of hydrogen-bond donors (Lipinski definition) is 2. The van der Waals surface area contributed by atoms with Crippen molar-refractivity contribution in [2.75, 3.05) is 5.73 Å². The maximum atomic E-state index is 9.33. The fourth-order valence-corrected chi connectivity index (χ4v) is 2.28. The number of anilines is 1. The van der Waals surface area contributed by atoms with Gasteiger partial charge in [0.15, 0.2) is 0 Å². The molecule has 0 radical (unpaired) electrons. The lowest BCUT2D eigenvalue weighted by molar-refractivity contribution is 0.475. The van der Waals surface area contributed by atoms with Crippen molar-refractivity contribution < 1.29 is 9.84 Å². The Morgan fingerprint density at radius 3 is 2.00 bits per heavy atom. The average molecular weight is 291 g/mol. The first-order chi connectivity index (χ1) is 10.6. The highest BCUT2D eigenvalue weighted by molar-refractivity contribution is 5.65. The van der Waals surface area contributed by atoms with E-state index in [-0.39, 0.29) is 5.75 Å². The van der Waals surface area contributed by atoms with Gasteiger partial charge in [-0.25, -0.2) is 0 Å². The highest BCUT2D eigenvalue weighted by Crippen LogP contribution is 2.29. The lowest BCUT2D eigenvalue weighted by atomic mass is 10.1. The van der Waals surface area contributed by atoms with Gasteiger partial charge in [0.1, 0.15) is 17.2 Å². The van der Waals surface area contributed by atoms with Gasteiger partial charge in [0.25, 0.3) is 0 Å². The molecule has 0 atom stereocenters. The van der Waals surface area contributed by atoms with Gasteiger partial charge in [-0.2, -0.15) is 0 Å². The first-order valence-electron chi connectivity index (χ1n) is 7.05. The molecule has 0 aliphatic heterocycles. The van der Waals surface area contributed by atoms with Crippen LogP contribution in [0.3, 0.4) is 0 Å². The average Bonchev–Trinajstić information content (AvgIpc) is 2.52. The SMILES string of the molecule is Cc1cc(N)ccc1Oc1ccc(-c2ccc(O)cc2)cc1. The molecule has 3 aromatic carbocycles. The van der Waals surface area contributed by atoms with Crippen molar-refractivity contribution in [3.8, 4) is 28.4 Å². The molecule has 0 aromatic heterocycles. The molecule has 0 saturated heterocycles. The van der Waals surface area contributed by atoms with Crippen LogP contribution in [0.25, 0.3) is 11.1 Å². The van der Waals surface area contributed by atoms with Crippen LogP contribution >= 0.6 is 0 Å². The predicted octanol–water partition coefficient (Wildman–Crippen LogP) is 4.74. The van der Waals surface area contributed by atoms with E-state index in [0.717, 1.165) is 33.9 Å². The quantitative estimate of drug-likeness (QED) is 0.685. The van der Waals surface area contributed by atoms with Crippen LogP contribution in [-0.4, -0.2) is 5.11 Å². The molecule has 3 aromatic rings. The molecule has 0 fully saturated rings. The Morgan fingerprint density at radius 2 is 1.41 bits per heavy atom. The van der Waals surface area contributed by atoms with E-state index in [2.05, 4.69) is 0 Å². The molecule has 22 heavy (non-hydrogen) atoms. The van der Waals surface area contributed by atoms with E-state index in [4.69, 9.17) is 10.5 Å². The van der Waals surface area contributed by atoms with Crippen molar-refractivity contribution in [2.24, 2.45) is 0 Å². The summed E-state index contributed by atoms with van der Waals surface area (Å²) < 4.78 is 5.88. The van der Waals surface area contributed by atoms with E-state index in [1.54, 1.807) is 12.1 Å². The molecule has 0 heterocycles. The number of ether oxygens (including phenoxy) is 1. The summed E-state index contributed by atoms with van der Waals surface area (Å²) in [6.45, 7) is 1.97. The number of aryl methyl sites for hydroxylation is 1. The van der Waals surface area contributed by atoms with Crippen molar-refractivity contribution in [1.29, 1.82) is 0 Å². The molecule has 0 unspecified atom stereocenters. The Hall–Kier alpha value is -2.94. The summed E-state index contributed by atoms with van der Waals surface area (Å²) >= 11 is 0. The van der Waals surface area contributed by atoms with Crippen molar-refractivity contribution >= 4 is 5.69 Å². The maximum Gasteiger partial charge on any atom is 0.130 e. The molecule has 3 heteroatoms. The second-order valence-electron chi connectivity index (χ2n) is 5.20. The highest BCUT2D eigenvalue weighted by atomic mass is 16.5. The normalized spacial score (nSPS) is 10.4. The molecule has 3 N–H and O–H groups in total. The van der Waals surface area contributed by atoms with Crippen LogP contribution in [0.15, 0.2) is 66.7 Å². The Labute approximate surface area is 129 Å². The van der Waals surface area contributed by atoms with Crippen molar-refractivity contribution in [3.63, 3.8) is 0 Å². The monoisotopic (exact) mass is 291 g/mol. The number of aromatic hydroxyl groups is 1. The van der Waals surface area contributed by atoms with Crippen LogP contribution in [0.2, 0.25) is 0 Å². The largest absolute Gasteiger partial charge is 0.508 e. The number of benzene rings is 3. The smallest absolute Gasteiger partial charge is 0.130 e. The number of rotatable bonds is 3. The maximum absolute atomic E-state index is 9.33. The van der Waals surface area contributed by atoms with Crippen LogP contribution in [0.1, 0.15) is 5.56 Å². The molecule has 3 nitrogen and oxygen atoms in total. The first kappa shape index (κ1) is 14.0. The molecule has 0 aliphatic carbocycles. The second kappa shape index (κ2) is 5.82. The van der Waals surface area contributed by atoms with Gasteiger partial charge in [0.05, 0.1) is 0 Å². The molecule has 110 valence electrons. The lowest BCUT2D eigenvalue weighted by Crippen LogP contribution is -1.90. The van der Waals surface area contributed by atoms with E-state index in [1.807, 2.05) is 61.5 Å². The third-order valence-electron chi connectivity index (χ3n) is 3.48. The first-order valence-corrected chi connectivity index (χ1v) is 7.05.